The van der Waals surface area contributed by atoms with Gasteiger partial charge in [0.1, 0.15) is 5.75 Å². The molecule has 1 aromatic carbocycles. The first-order chi connectivity index (χ1) is 9.56. The molecule has 0 aliphatic carbocycles. The normalized spacial score (nSPS) is 10.4. The summed E-state index contributed by atoms with van der Waals surface area (Å²) in [6, 6.07) is 7.11. The summed E-state index contributed by atoms with van der Waals surface area (Å²) in [5.74, 6) is 0.773. The van der Waals surface area contributed by atoms with Crippen molar-refractivity contribution in [2.45, 2.75) is 13.3 Å². The van der Waals surface area contributed by atoms with Crippen molar-refractivity contribution in [1.29, 1.82) is 0 Å². The number of ether oxygens (including phenoxy) is 1. The van der Waals surface area contributed by atoms with Gasteiger partial charge in [0, 0.05) is 25.6 Å². The topological polar surface area (TPSA) is 58.6 Å². The molecule has 0 heterocycles. The van der Waals surface area contributed by atoms with Crippen molar-refractivity contribution in [2.75, 3.05) is 33.8 Å². The Balaban J connectivity index is 2.47. The van der Waals surface area contributed by atoms with E-state index in [2.05, 4.69) is 5.32 Å². The van der Waals surface area contributed by atoms with Gasteiger partial charge in [-0.05, 0) is 38.2 Å². The van der Waals surface area contributed by atoms with E-state index in [0.717, 1.165) is 5.75 Å². The number of nitrogens with one attached hydrogen (secondary N) is 1. The predicted molar refractivity (Wildman–Crippen MR) is 78.1 cm³/mol. The van der Waals surface area contributed by atoms with Crippen LogP contribution in [0.2, 0.25) is 0 Å². The van der Waals surface area contributed by atoms with Crippen LogP contribution >= 0.6 is 0 Å². The van der Waals surface area contributed by atoms with E-state index in [-0.39, 0.29) is 11.7 Å². The highest BCUT2D eigenvalue weighted by atomic mass is 16.5. The third kappa shape index (κ3) is 5.40. The quantitative estimate of drug-likeness (QED) is 0.729. The molecule has 0 bridgehead atoms. The molecule has 0 aromatic heterocycles. The van der Waals surface area contributed by atoms with Crippen molar-refractivity contribution < 1.29 is 14.3 Å². The fourth-order valence-electron chi connectivity index (χ4n) is 1.74. The van der Waals surface area contributed by atoms with Crippen LogP contribution in [0.4, 0.5) is 0 Å². The molecule has 0 unspecified atom stereocenters. The van der Waals surface area contributed by atoms with Crippen molar-refractivity contribution in [3.8, 4) is 5.75 Å². The summed E-state index contributed by atoms with van der Waals surface area (Å²) >= 11 is 0. The number of hydrogen-bond donors (Lipinski definition) is 1. The second-order valence-corrected chi connectivity index (χ2v) is 4.54. The molecule has 0 radical (unpaired) electrons. The molecule has 20 heavy (non-hydrogen) atoms. The Morgan fingerprint density at radius 1 is 1.25 bits per heavy atom. The third-order valence-electron chi connectivity index (χ3n) is 2.90. The second kappa shape index (κ2) is 8.32. The summed E-state index contributed by atoms with van der Waals surface area (Å²) in [5, 5.41) is 2.56. The van der Waals surface area contributed by atoms with Crippen molar-refractivity contribution in [3.63, 3.8) is 0 Å². The monoisotopic (exact) mass is 278 g/mol. The summed E-state index contributed by atoms with van der Waals surface area (Å²) in [5.41, 5.74) is 0.653. The average molecular weight is 278 g/mol. The Bertz CT molecular complexity index is 443. The third-order valence-corrected chi connectivity index (χ3v) is 2.90. The molecule has 0 saturated carbocycles. The van der Waals surface area contributed by atoms with Gasteiger partial charge in [0.05, 0.1) is 13.2 Å². The van der Waals surface area contributed by atoms with Gasteiger partial charge in [-0.25, -0.2) is 0 Å². The van der Waals surface area contributed by atoms with Crippen LogP contribution in [0, 0.1) is 0 Å². The lowest BCUT2D eigenvalue weighted by Crippen LogP contribution is -2.30. The smallest absolute Gasteiger partial charge is 0.221 e. The van der Waals surface area contributed by atoms with Gasteiger partial charge in [-0.15, -0.1) is 0 Å². The molecule has 0 atom stereocenters. The molecule has 1 N–H and O–H groups in total. The molecule has 5 heteroatoms. The van der Waals surface area contributed by atoms with Gasteiger partial charge in [-0.3, -0.25) is 14.5 Å². The van der Waals surface area contributed by atoms with Gasteiger partial charge < -0.3 is 10.1 Å². The first kappa shape index (κ1) is 16.2. The molecule has 110 valence electrons. The van der Waals surface area contributed by atoms with E-state index < -0.39 is 0 Å². The number of Topliss-reactive ketones (excluding diaryl/α,β-unsaturated/α-hetero) is 1. The van der Waals surface area contributed by atoms with Crippen molar-refractivity contribution in [2.24, 2.45) is 0 Å². The number of ketones is 1. The van der Waals surface area contributed by atoms with Gasteiger partial charge in [0.25, 0.3) is 0 Å². The molecule has 0 saturated heterocycles. The summed E-state index contributed by atoms with van der Waals surface area (Å²) in [7, 11) is 3.43. The van der Waals surface area contributed by atoms with Crippen LogP contribution in [-0.2, 0) is 4.79 Å². The van der Waals surface area contributed by atoms with Gasteiger partial charge in [-0.2, -0.15) is 0 Å². The van der Waals surface area contributed by atoms with E-state index in [0.29, 0.717) is 31.7 Å². The first-order valence-corrected chi connectivity index (χ1v) is 6.72. The minimum Gasteiger partial charge on any atom is -0.494 e. The summed E-state index contributed by atoms with van der Waals surface area (Å²) in [6.07, 6.45) is 0.392. The van der Waals surface area contributed by atoms with E-state index in [1.165, 1.54) is 0 Å². The lowest BCUT2D eigenvalue weighted by Gasteiger charge is -2.15. The number of rotatable bonds is 8. The van der Waals surface area contributed by atoms with Crippen LogP contribution < -0.4 is 10.1 Å². The number of carbonyl (C=O) groups excluding carboxylic acids is 2. The number of nitrogens with zero attached hydrogens (tertiary/aromatic N) is 1. The standard InChI is InChI=1S/C15H22N2O3/c1-4-20-13-7-5-12(6-8-13)14(18)11-17(3)10-9-15(19)16-2/h5-8H,4,9-11H2,1-3H3,(H,16,19). The first-order valence-electron chi connectivity index (χ1n) is 6.72. The van der Waals surface area contributed by atoms with Gasteiger partial charge in [0.15, 0.2) is 5.78 Å². The van der Waals surface area contributed by atoms with E-state index >= 15 is 0 Å². The number of carbonyl (C=O) groups is 2. The van der Waals surface area contributed by atoms with E-state index in [9.17, 15) is 9.59 Å². The Morgan fingerprint density at radius 3 is 2.45 bits per heavy atom. The zero-order valence-electron chi connectivity index (χ0n) is 12.3. The fourth-order valence-corrected chi connectivity index (χ4v) is 1.74. The van der Waals surface area contributed by atoms with Crippen molar-refractivity contribution in [1.82, 2.24) is 10.2 Å². The Hall–Kier alpha value is -1.88. The molecular formula is C15H22N2O3. The SMILES string of the molecule is CCOc1ccc(C(=O)CN(C)CCC(=O)NC)cc1. The zero-order chi connectivity index (χ0) is 15.0. The van der Waals surface area contributed by atoms with E-state index in [1.807, 2.05) is 18.9 Å². The highest BCUT2D eigenvalue weighted by molar-refractivity contribution is 5.97. The molecule has 0 spiro atoms. The maximum atomic E-state index is 12.1. The van der Waals surface area contributed by atoms with E-state index in [1.54, 1.807) is 31.3 Å². The molecule has 1 amide bonds. The number of amides is 1. The molecule has 1 rings (SSSR count). The molecule has 0 aliphatic rings. The molecule has 0 fully saturated rings. The minimum atomic E-state index is -0.0228. The van der Waals surface area contributed by atoms with Crippen LogP contribution in [-0.4, -0.2) is 50.4 Å². The maximum Gasteiger partial charge on any atom is 0.221 e. The van der Waals surface area contributed by atoms with Gasteiger partial charge >= 0.3 is 0 Å². The van der Waals surface area contributed by atoms with Crippen molar-refractivity contribution >= 4 is 11.7 Å². The molecule has 0 aliphatic heterocycles. The minimum absolute atomic E-state index is 0.0228. The summed E-state index contributed by atoms with van der Waals surface area (Å²) < 4.78 is 5.33. The van der Waals surface area contributed by atoms with Crippen LogP contribution in [0.15, 0.2) is 24.3 Å². The Labute approximate surface area is 119 Å². The fraction of sp³-hybridized carbons (Fsp3) is 0.467. The lowest BCUT2D eigenvalue weighted by atomic mass is 10.1. The van der Waals surface area contributed by atoms with Crippen LogP contribution in [0.3, 0.4) is 0 Å². The Kier molecular flexibility index (Phi) is 6.73. The summed E-state index contributed by atoms with van der Waals surface area (Å²) in [6.45, 7) is 3.38. The largest absolute Gasteiger partial charge is 0.494 e. The molecule has 1 aromatic rings. The lowest BCUT2D eigenvalue weighted by molar-refractivity contribution is -0.120. The highest BCUT2D eigenvalue weighted by Gasteiger charge is 2.10. The molecular weight excluding hydrogens is 256 g/mol. The van der Waals surface area contributed by atoms with Gasteiger partial charge in [-0.1, -0.05) is 0 Å². The predicted octanol–water partition coefficient (Wildman–Crippen LogP) is 1.34. The molecule has 5 nitrogen and oxygen atoms in total. The Morgan fingerprint density at radius 2 is 1.90 bits per heavy atom. The highest BCUT2D eigenvalue weighted by Crippen LogP contribution is 2.12. The number of likely N-dealkylation sites (N-methyl/N-ethyl adjacent to an activating group) is 1. The number of benzene rings is 1. The zero-order valence-corrected chi connectivity index (χ0v) is 12.3. The van der Waals surface area contributed by atoms with E-state index in [4.69, 9.17) is 4.74 Å². The van der Waals surface area contributed by atoms with Gasteiger partial charge in [0.2, 0.25) is 5.91 Å². The second-order valence-electron chi connectivity index (χ2n) is 4.54. The van der Waals surface area contributed by atoms with Crippen LogP contribution in [0.5, 0.6) is 5.75 Å². The average Bonchev–Trinajstić information content (AvgIpc) is 2.45. The summed E-state index contributed by atoms with van der Waals surface area (Å²) in [4.78, 5) is 25.0. The van der Waals surface area contributed by atoms with Crippen LogP contribution in [0.1, 0.15) is 23.7 Å². The number of hydrogen-bond acceptors (Lipinski definition) is 4. The van der Waals surface area contributed by atoms with Crippen molar-refractivity contribution in [3.05, 3.63) is 29.8 Å². The van der Waals surface area contributed by atoms with Crippen LogP contribution in [0.25, 0.3) is 0 Å². The maximum absolute atomic E-state index is 12.1.